The molecule has 0 saturated carbocycles. The summed E-state index contributed by atoms with van der Waals surface area (Å²) < 4.78 is 43.1. The molecule has 1 fully saturated rings. The Morgan fingerprint density at radius 3 is 2.75 bits per heavy atom. The lowest BCUT2D eigenvalue weighted by atomic mass is 10.0. The van der Waals surface area contributed by atoms with E-state index >= 15 is 0 Å². The van der Waals surface area contributed by atoms with E-state index in [4.69, 9.17) is 4.42 Å². The first-order valence-electron chi connectivity index (χ1n) is 5.85. The molecule has 2 aliphatic rings. The van der Waals surface area contributed by atoms with Gasteiger partial charge in [-0.05, 0) is 12.1 Å². The molecule has 20 heavy (non-hydrogen) atoms. The Morgan fingerprint density at radius 2 is 2.15 bits per heavy atom. The van der Waals surface area contributed by atoms with Gasteiger partial charge in [0.25, 0.3) is 5.78 Å². The number of furan rings is 1. The number of alkyl halides is 3. The van der Waals surface area contributed by atoms with E-state index in [1.165, 1.54) is 23.4 Å². The number of hydrazine groups is 1. The minimum absolute atomic E-state index is 0.196. The van der Waals surface area contributed by atoms with E-state index in [9.17, 15) is 22.8 Å². The summed E-state index contributed by atoms with van der Waals surface area (Å²) in [5.41, 5.74) is -0.500. The zero-order valence-electron chi connectivity index (χ0n) is 10.1. The van der Waals surface area contributed by atoms with E-state index < -0.39 is 23.6 Å². The van der Waals surface area contributed by atoms with Gasteiger partial charge < -0.3 is 4.42 Å². The zero-order chi connectivity index (χ0) is 14.5. The second kappa shape index (κ2) is 4.20. The summed E-state index contributed by atoms with van der Waals surface area (Å²) >= 11 is 0. The van der Waals surface area contributed by atoms with Crippen LogP contribution in [0.2, 0.25) is 0 Å². The van der Waals surface area contributed by atoms with Crippen LogP contribution in [0.25, 0.3) is 0 Å². The lowest BCUT2D eigenvalue weighted by Crippen LogP contribution is -2.34. The van der Waals surface area contributed by atoms with E-state index in [0.29, 0.717) is 0 Å². The fraction of sp³-hybridized carbons (Fsp3) is 0.333. The summed E-state index contributed by atoms with van der Waals surface area (Å²) in [5, 5.41) is 2.46. The monoisotopic (exact) mass is 286 g/mol. The number of halogens is 3. The third-order valence-corrected chi connectivity index (χ3v) is 3.27. The first-order chi connectivity index (χ1) is 9.39. The molecule has 3 heterocycles. The van der Waals surface area contributed by atoms with Crippen LogP contribution < -0.4 is 0 Å². The molecule has 1 aromatic heterocycles. The number of rotatable bonds is 2. The number of hydrogen-bond acceptors (Lipinski definition) is 4. The van der Waals surface area contributed by atoms with Crippen molar-refractivity contribution in [1.82, 2.24) is 10.0 Å². The van der Waals surface area contributed by atoms with Crippen molar-refractivity contribution in [3.05, 3.63) is 35.9 Å². The molecule has 0 aliphatic carbocycles. The molecule has 1 atom stereocenters. The van der Waals surface area contributed by atoms with Gasteiger partial charge in [-0.2, -0.15) is 18.2 Å². The van der Waals surface area contributed by atoms with Crippen LogP contribution in [0.1, 0.15) is 18.2 Å². The second-order valence-electron chi connectivity index (χ2n) is 4.48. The highest BCUT2D eigenvalue weighted by molar-refractivity contribution is 6.01. The first-order valence-corrected chi connectivity index (χ1v) is 5.85. The van der Waals surface area contributed by atoms with Crippen LogP contribution in [0.5, 0.6) is 0 Å². The van der Waals surface area contributed by atoms with Crippen LogP contribution in [0.3, 0.4) is 0 Å². The van der Waals surface area contributed by atoms with E-state index in [1.807, 2.05) is 0 Å². The van der Waals surface area contributed by atoms with Crippen molar-refractivity contribution in [1.29, 1.82) is 0 Å². The van der Waals surface area contributed by atoms with Crippen LogP contribution in [-0.4, -0.2) is 34.4 Å². The Morgan fingerprint density at radius 1 is 1.40 bits per heavy atom. The molecule has 5 nitrogen and oxygen atoms in total. The van der Waals surface area contributed by atoms with Gasteiger partial charge in [0.05, 0.1) is 6.26 Å². The van der Waals surface area contributed by atoms with Crippen LogP contribution >= 0.6 is 0 Å². The molecule has 1 unspecified atom stereocenters. The smallest absolute Gasteiger partial charge is 0.454 e. The number of Topliss-reactive ketones (excluding diaryl/α,β-unsaturated/α-hetero) is 1. The number of ketones is 1. The molecule has 1 saturated heterocycles. The van der Waals surface area contributed by atoms with Crippen molar-refractivity contribution in [2.45, 2.75) is 18.6 Å². The topological polar surface area (TPSA) is 53.8 Å². The molecular formula is C12H9F3N2O3. The quantitative estimate of drug-likeness (QED) is 0.832. The Hall–Kier alpha value is -2.09. The molecular weight excluding hydrogens is 277 g/mol. The fourth-order valence-electron chi connectivity index (χ4n) is 2.43. The molecule has 3 rings (SSSR count). The maximum Gasteiger partial charge on any atom is 0.454 e. The highest BCUT2D eigenvalue weighted by Crippen LogP contribution is 2.41. The number of carbonyl (C=O) groups excluding carboxylic acids is 2. The predicted molar refractivity (Wildman–Crippen MR) is 58.8 cm³/mol. The van der Waals surface area contributed by atoms with Crippen molar-refractivity contribution >= 4 is 11.7 Å². The zero-order valence-corrected chi connectivity index (χ0v) is 10.1. The van der Waals surface area contributed by atoms with Crippen LogP contribution in [0, 0.1) is 0 Å². The van der Waals surface area contributed by atoms with Gasteiger partial charge in [-0.3, -0.25) is 9.59 Å². The molecule has 8 heteroatoms. The van der Waals surface area contributed by atoms with Crippen molar-refractivity contribution < 1.29 is 27.2 Å². The second-order valence-corrected chi connectivity index (χ2v) is 4.48. The largest absolute Gasteiger partial charge is 0.467 e. The minimum Gasteiger partial charge on any atom is -0.467 e. The van der Waals surface area contributed by atoms with Gasteiger partial charge in [-0.25, -0.2) is 5.01 Å². The molecule has 0 N–H and O–H groups in total. The summed E-state index contributed by atoms with van der Waals surface area (Å²) in [6, 6.07) is 1.99. The lowest BCUT2D eigenvalue weighted by molar-refractivity contribution is -0.167. The van der Waals surface area contributed by atoms with Crippen molar-refractivity contribution in [3.63, 3.8) is 0 Å². The Labute approximate surface area is 111 Å². The minimum atomic E-state index is -4.99. The van der Waals surface area contributed by atoms with E-state index in [-0.39, 0.29) is 24.6 Å². The Kier molecular flexibility index (Phi) is 2.72. The number of hydrogen-bond donors (Lipinski definition) is 0. The summed E-state index contributed by atoms with van der Waals surface area (Å²) in [4.78, 5) is 23.1. The molecule has 0 radical (unpaired) electrons. The van der Waals surface area contributed by atoms with Crippen molar-refractivity contribution in [2.24, 2.45) is 0 Å². The van der Waals surface area contributed by atoms with Gasteiger partial charge in [0.2, 0.25) is 5.91 Å². The summed E-state index contributed by atoms with van der Waals surface area (Å²) in [5.74, 6) is -2.10. The summed E-state index contributed by atoms with van der Waals surface area (Å²) in [7, 11) is 0. The van der Waals surface area contributed by atoms with E-state index in [0.717, 1.165) is 11.2 Å². The van der Waals surface area contributed by atoms with E-state index in [1.54, 1.807) is 0 Å². The molecule has 0 spiro atoms. The number of amides is 1. The third kappa shape index (κ3) is 1.83. The van der Waals surface area contributed by atoms with Gasteiger partial charge in [-0.15, -0.1) is 0 Å². The van der Waals surface area contributed by atoms with Crippen molar-refractivity contribution in [2.75, 3.05) is 6.54 Å². The molecule has 1 amide bonds. The number of nitrogens with zero attached hydrogens (tertiary/aromatic N) is 2. The molecule has 1 aromatic rings. The fourth-order valence-corrected chi connectivity index (χ4v) is 2.43. The van der Waals surface area contributed by atoms with Gasteiger partial charge in [0.15, 0.2) is 0 Å². The molecule has 2 aliphatic heterocycles. The average molecular weight is 286 g/mol. The van der Waals surface area contributed by atoms with Gasteiger partial charge in [-0.1, -0.05) is 0 Å². The molecule has 0 aromatic carbocycles. The van der Waals surface area contributed by atoms with Crippen LogP contribution in [0.4, 0.5) is 13.2 Å². The SMILES string of the molecule is O=C1CCN2C(c3ccco3)C(C(=O)C(F)(F)F)=CN12. The Bertz CT molecular complexity index is 592. The highest BCUT2D eigenvalue weighted by Gasteiger charge is 2.51. The summed E-state index contributed by atoms with van der Waals surface area (Å²) in [6.07, 6.45) is -2.52. The maximum atomic E-state index is 12.6. The van der Waals surface area contributed by atoms with Gasteiger partial charge >= 0.3 is 6.18 Å². The van der Waals surface area contributed by atoms with E-state index in [2.05, 4.69) is 0 Å². The number of carbonyl (C=O) groups is 2. The van der Waals surface area contributed by atoms with Crippen LogP contribution in [0.15, 0.2) is 34.6 Å². The lowest BCUT2D eigenvalue weighted by Gasteiger charge is -2.24. The van der Waals surface area contributed by atoms with Crippen molar-refractivity contribution in [3.8, 4) is 0 Å². The standard InChI is InChI=1S/C12H9F3N2O3/c13-12(14,15)11(19)7-6-17-9(18)3-4-16(17)10(7)8-2-1-5-20-8/h1-2,5-6,10H,3-4H2. The average Bonchev–Trinajstić information content (AvgIpc) is 3.05. The predicted octanol–water partition coefficient (Wildman–Crippen LogP) is 1.80. The molecule has 0 bridgehead atoms. The maximum absolute atomic E-state index is 12.6. The van der Waals surface area contributed by atoms with Gasteiger partial charge in [0.1, 0.15) is 11.8 Å². The van der Waals surface area contributed by atoms with Gasteiger partial charge in [0, 0.05) is 24.7 Å². The summed E-state index contributed by atoms with van der Waals surface area (Å²) in [6.45, 7) is 0.245. The first kappa shape index (κ1) is 12.9. The molecule has 106 valence electrons. The number of fused-ring (bicyclic) bond motifs is 1. The normalized spacial score (nSPS) is 23.1. The third-order valence-electron chi connectivity index (χ3n) is 3.27. The highest BCUT2D eigenvalue weighted by atomic mass is 19.4. The van der Waals surface area contributed by atoms with Crippen LogP contribution in [-0.2, 0) is 9.59 Å². The Balaban J connectivity index is 2.03.